The third-order valence-electron chi connectivity index (χ3n) is 5.79. The monoisotopic (exact) mass is 411 g/mol. The third-order valence-corrected chi connectivity index (χ3v) is 6.05. The Morgan fingerprint density at radius 1 is 1.03 bits per heavy atom. The normalized spacial score (nSPS) is 20.0. The van der Waals surface area contributed by atoms with Crippen molar-refractivity contribution in [2.45, 2.75) is 13.5 Å². The van der Waals surface area contributed by atoms with E-state index in [1.54, 1.807) is 0 Å². The molecule has 2 aromatic carbocycles. The number of allylic oxidation sites excluding steroid dienone is 1. The van der Waals surface area contributed by atoms with Gasteiger partial charge in [-0.1, -0.05) is 23.7 Å². The average molecular weight is 412 g/mol. The molecule has 5 nitrogen and oxygen atoms in total. The van der Waals surface area contributed by atoms with E-state index in [0.29, 0.717) is 0 Å². The summed E-state index contributed by atoms with van der Waals surface area (Å²) in [5.41, 5.74) is 12.9. The Morgan fingerprint density at radius 2 is 1.76 bits per heavy atom. The smallest absolute Gasteiger partial charge is 0.0623 e. The Kier molecular flexibility index (Phi) is 5.99. The van der Waals surface area contributed by atoms with Gasteiger partial charge in [-0.3, -0.25) is 4.90 Å². The van der Waals surface area contributed by atoms with Crippen molar-refractivity contribution in [3.05, 3.63) is 64.3 Å². The van der Waals surface area contributed by atoms with Crippen LogP contribution in [-0.2, 0) is 6.54 Å². The van der Waals surface area contributed by atoms with Gasteiger partial charge in [-0.05, 0) is 49.9 Å². The van der Waals surface area contributed by atoms with Crippen LogP contribution in [-0.4, -0.2) is 56.1 Å². The molecule has 2 heterocycles. The van der Waals surface area contributed by atoms with Crippen molar-refractivity contribution in [2.75, 3.05) is 51.2 Å². The number of nitrogens with two attached hydrogens (primary N) is 1. The lowest BCUT2D eigenvalue weighted by atomic mass is 10.0. The fourth-order valence-corrected chi connectivity index (χ4v) is 4.25. The molecule has 0 unspecified atom stereocenters. The van der Waals surface area contributed by atoms with Crippen LogP contribution < -0.4 is 16.0 Å². The first-order valence-electron chi connectivity index (χ1n) is 10.3. The van der Waals surface area contributed by atoms with Gasteiger partial charge in [-0.25, -0.2) is 0 Å². The highest BCUT2D eigenvalue weighted by molar-refractivity contribution is 6.30. The molecular formula is C23H30ClN5. The van der Waals surface area contributed by atoms with Crippen molar-refractivity contribution in [3.8, 4) is 0 Å². The maximum atomic E-state index is 6.22. The van der Waals surface area contributed by atoms with E-state index >= 15 is 0 Å². The molecule has 154 valence electrons. The third kappa shape index (κ3) is 4.53. The molecule has 2 aliphatic rings. The first-order chi connectivity index (χ1) is 14.0. The van der Waals surface area contributed by atoms with Crippen LogP contribution in [0.1, 0.15) is 18.1 Å². The largest absolute Gasteiger partial charge is 0.401 e. The minimum Gasteiger partial charge on any atom is -0.401 e. The second-order valence-corrected chi connectivity index (χ2v) is 8.48. The number of benzene rings is 2. The number of hydrogen-bond donors (Lipinski definition) is 2. The number of likely N-dealkylation sites (N-methyl/N-ethyl adjacent to an activating group) is 1. The molecule has 0 aromatic heterocycles. The van der Waals surface area contributed by atoms with E-state index in [1.165, 1.54) is 11.3 Å². The maximum Gasteiger partial charge on any atom is 0.0623 e. The molecule has 1 saturated heterocycles. The van der Waals surface area contributed by atoms with Crippen molar-refractivity contribution < 1.29 is 0 Å². The Morgan fingerprint density at radius 3 is 2.45 bits per heavy atom. The minimum absolute atomic E-state index is 0.754. The molecule has 0 atom stereocenters. The molecule has 4 rings (SSSR count). The van der Waals surface area contributed by atoms with Gasteiger partial charge in [0.05, 0.1) is 11.4 Å². The zero-order valence-electron chi connectivity index (χ0n) is 17.3. The lowest BCUT2D eigenvalue weighted by molar-refractivity contribution is 0.148. The topological polar surface area (TPSA) is 47.8 Å². The molecule has 6 heteroatoms. The van der Waals surface area contributed by atoms with E-state index < -0.39 is 0 Å². The van der Waals surface area contributed by atoms with Gasteiger partial charge in [0.25, 0.3) is 0 Å². The fourth-order valence-electron chi connectivity index (χ4n) is 4.12. The Balaban J connectivity index is 1.70. The number of nitrogens with zero attached hydrogens (tertiary/aromatic N) is 3. The summed E-state index contributed by atoms with van der Waals surface area (Å²) >= 11 is 6.13. The van der Waals surface area contributed by atoms with E-state index in [0.717, 1.165) is 73.5 Å². The quantitative estimate of drug-likeness (QED) is 0.809. The van der Waals surface area contributed by atoms with Crippen LogP contribution in [0.3, 0.4) is 0 Å². The number of rotatable bonds is 3. The highest BCUT2D eigenvalue weighted by atomic mass is 35.5. The molecular weight excluding hydrogens is 382 g/mol. The number of fused-ring (bicyclic) bond motifs is 1. The fraction of sp³-hybridized carbons (Fsp3) is 0.391. The van der Waals surface area contributed by atoms with Gasteiger partial charge in [-0.15, -0.1) is 0 Å². The van der Waals surface area contributed by atoms with Gasteiger partial charge in [-0.2, -0.15) is 0 Å². The van der Waals surface area contributed by atoms with Gasteiger partial charge >= 0.3 is 0 Å². The number of halogens is 1. The lowest BCUT2D eigenvalue weighted by Crippen LogP contribution is -2.43. The standard InChI is InChI=1S/C23H30ClN5/c1-17(25)23-21-8-3-18(16-28-13-11-27(2)12-14-28)15-22(21)29(10-9-26-23)20-6-4-19(24)5-7-20/h3-8,15,26H,9-14,16,25H2,1-2H3/b23-17-. The molecule has 3 N–H and O–H groups in total. The van der Waals surface area contributed by atoms with Crippen LogP contribution in [0.25, 0.3) is 5.70 Å². The predicted octanol–water partition coefficient (Wildman–Crippen LogP) is 3.48. The number of anilines is 2. The summed E-state index contributed by atoms with van der Waals surface area (Å²) in [6, 6.07) is 14.9. The first-order valence-corrected chi connectivity index (χ1v) is 10.7. The molecule has 2 aliphatic heterocycles. The van der Waals surface area contributed by atoms with Crippen LogP contribution in [0.15, 0.2) is 48.2 Å². The maximum absolute atomic E-state index is 6.22. The van der Waals surface area contributed by atoms with Crippen LogP contribution in [0, 0.1) is 0 Å². The summed E-state index contributed by atoms with van der Waals surface area (Å²) in [7, 11) is 2.19. The van der Waals surface area contributed by atoms with E-state index in [9.17, 15) is 0 Å². The summed E-state index contributed by atoms with van der Waals surface area (Å²) in [5.74, 6) is 0. The summed E-state index contributed by atoms with van der Waals surface area (Å²) < 4.78 is 0. The molecule has 0 bridgehead atoms. The van der Waals surface area contributed by atoms with Gasteiger partial charge in [0.1, 0.15) is 0 Å². The molecule has 0 aliphatic carbocycles. The highest BCUT2D eigenvalue weighted by Crippen LogP contribution is 2.35. The first kappa shape index (κ1) is 20.1. The Hall–Kier alpha value is -2.21. The Labute approximate surface area is 178 Å². The Bertz CT molecular complexity index is 881. The van der Waals surface area contributed by atoms with Crippen LogP contribution in [0.2, 0.25) is 5.02 Å². The van der Waals surface area contributed by atoms with E-state index in [4.69, 9.17) is 17.3 Å². The van der Waals surface area contributed by atoms with E-state index in [-0.39, 0.29) is 0 Å². The minimum atomic E-state index is 0.754. The zero-order valence-corrected chi connectivity index (χ0v) is 18.0. The molecule has 0 spiro atoms. The van der Waals surface area contributed by atoms with Crippen molar-refractivity contribution in [3.63, 3.8) is 0 Å². The van der Waals surface area contributed by atoms with Crippen molar-refractivity contribution in [1.82, 2.24) is 15.1 Å². The second kappa shape index (κ2) is 8.66. The number of hydrogen-bond acceptors (Lipinski definition) is 5. The molecule has 0 amide bonds. The van der Waals surface area contributed by atoms with Crippen molar-refractivity contribution in [2.24, 2.45) is 5.73 Å². The van der Waals surface area contributed by atoms with Gasteiger partial charge in [0.2, 0.25) is 0 Å². The zero-order chi connectivity index (χ0) is 20.4. The molecule has 29 heavy (non-hydrogen) atoms. The summed E-state index contributed by atoms with van der Waals surface area (Å²) in [6.45, 7) is 9.12. The molecule has 0 radical (unpaired) electrons. The lowest BCUT2D eigenvalue weighted by Gasteiger charge is -2.32. The van der Waals surface area contributed by atoms with Gasteiger partial charge in [0.15, 0.2) is 0 Å². The van der Waals surface area contributed by atoms with Crippen molar-refractivity contribution >= 4 is 28.7 Å². The SMILES string of the molecule is C/C(N)=C1/NCCN(c2ccc(Cl)cc2)c2cc(CN3CCN(C)CC3)ccc21. The summed E-state index contributed by atoms with van der Waals surface area (Å²) in [6.07, 6.45) is 0. The van der Waals surface area contributed by atoms with Crippen LogP contribution in [0.5, 0.6) is 0 Å². The van der Waals surface area contributed by atoms with Gasteiger partial charge < -0.3 is 20.9 Å². The number of piperazine rings is 1. The summed E-state index contributed by atoms with van der Waals surface area (Å²) in [5, 5.41) is 4.28. The predicted molar refractivity (Wildman–Crippen MR) is 122 cm³/mol. The summed E-state index contributed by atoms with van der Waals surface area (Å²) in [4.78, 5) is 7.29. The highest BCUT2D eigenvalue weighted by Gasteiger charge is 2.22. The average Bonchev–Trinajstić information content (AvgIpc) is 2.90. The molecule has 1 fully saturated rings. The van der Waals surface area contributed by atoms with Crippen molar-refractivity contribution in [1.29, 1.82) is 0 Å². The number of nitrogens with one attached hydrogen (secondary N) is 1. The van der Waals surface area contributed by atoms with Gasteiger partial charge in [0, 0.05) is 67.8 Å². The van der Waals surface area contributed by atoms with E-state index in [1.807, 2.05) is 19.1 Å². The molecule has 0 saturated carbocycles. The second-order valence-electron chi connectivity index (χ2n) is 8.04. The van der Waals surface area contributed by atoms with Crippen LogP contribution in [0.4, 0.5) is 11.4 Å². The van der Waals surface area contributed by atoms with E-state index in [2.05, 4.69) is 57.4 Å². The molecule has 2 aromatic rings. The van der Waals surface area contributed by atoms with Crippen LogP contribution >= 0.6 is 11.6 Å².